The van der Waals surface area contributed by atoms with Gasteiger partial charge in [0, 0.05) is 19.0 Å². The third kappa shape index (κ3) is 8.77. The highest BCUT2D eigenvalue weighted by atomic mass is 16.2. The highest BCUT2D eigenvalue weighted by Gasteiger charge is 2.34. The summed E-state index contributed by atoms with van der Waals surface area (Å²) in [7, 11) is 4.08. The maximum absolute atomic E-state index is 12.7. The maximum atomic E-state index is 12.7. The highest BCUT2D eigenvalue weighted by Crippen LogP contribution is 2.32. The van der Waals surface area contributed by atoms with Gasteiger partial charge < -0.3 is 9.80 Å². The van der Waals surface area contributed by atoms with Crippen LogP contribution < -0.4 is 0 Å². The van der Waals surface area contributed by atoms with Crippen LogP contribution in [0.2, 0.25) is 0 Å². The van der Waals surface area contributed by atoms with E-state index in [0.29, 0.717) is 11.8 Å². The van der Waals surface area contributed by atoms with Crippen molar-refractivity contribution in [3.8, 4) is 0 Å². The number of nitrogens with zero attached hydrogens (tertiary/aromatic N) is 2. The molecule has 134 valence electrons. The zero-order valence-corrected chi connectivity index (χ0v) is 16.8. The van der Waals surface area contributed by atoms with Crippen molar-refractivity contribution in [2.24, 2.45) is 11.3 Å². The number of amides is 1. The van der Waals surface area contributed by atoms with Crippen molar-refractivity contribution in [2.45, 2.75) is 74.1 Å². The molecule has 0 aliphatic carbocycles. The van der Waals surface area contributed by atoms with Gasteiger partial charge in [0.05, 0.1) is 0 Å². The Hall–Kier alpha value is -0.570. The van der Waals surface area contributed by atoms with Crippen molar-refractivity contribution in [3.05, 3.63) is 0 Å². The van der Waals surface area contributed by atoms with E-state index in [9.17, 15) is 4.79 Å². The molecule has 0 heterocycles. The maximum Gasteiger partial charge on any atom is 0.228 e. The molecule has 22 heavy (non-hydrogen) atoms. The van der Waals surface area contributed by atoms with Gasteiger partial charge in [-0.25, -0.2) is 0 Å². The lowest BCUT2D eigenvalue weighted by Crippen LogP contribution is -2.42. The molecule has 3 nitrogen and oxygen atoms in total. The van der Waals surface area contributed by atoms with E-state index in [2.05, 4.69) is 46.6 Å². The van der Waals surface area contributed by atoms with E-state index in [0.717, 1.165) is 45.3 Å². The van der Waals surface area contributed by atoms with Gasteiger partial charge in [-0.1, -0.05) is 54.9 Å². The summed E-state index contributed by atoms with van der Waals surface area (Å²) < 4.78 is 0. The lowest BCUT2D eigenvalue weighted by atomic mass is 9.77. The molecule has 0 aromatic heterocycles. The molecule has 0 saturated heterocycles. The first-order valence-electron chi connectivity index (χ1n) is 9.24. The molecule has 0 fully saturated rings. The Bertz CT molecular complexity index is 281. The van der Waals surface area contributed by atoms with E-state index >= 15 is 0 Å². The van der Waals surface area contributed by atoms with Gasteiger partial charge in [0.15, 0.2) is 0 Å². The topological polar surface area (TPSA) is 23.6 Å². The Morgan fingerprint density at radius 3 is 2.05 bits per heavy atom. The smallest absolute Gasteiger partial charge is 0.228 e. The van der Waals surface area contributed by atoms with Crippen LogP contribution in [0.1, 0.15) is 74.1 Å². The molecular weight excluding hydrogens is 272 g/mol. The van der Waals surface area contributed by atoms with Crippen LogP contribution in [0.5, 0.6) is 0 Å². The normalized spacial score (nSPS) is 14.8. The van der Waals surface area contributed by atoms with Gasteiger partial charge in [0.25, 0.3) is 0 Å². The SMILES string of the molecule is CC.CCC(C)CC(C)(CC)C(=O)N(C)CCCN(C)CC. The molecule has 0 N–H and O–H groups in total. The molecule has 2 unspecified atom stereocenters. The fraction of sp³-hybridized carbons (Fsp3) is 0.947. The lowest BCUT2D eigenvalue weighted by Gasteiger charge is -2.34. The molecule has 0 aliphatic rings. The lowest BCUT2D eigenvalue weighted by molar-refractivity contribution is -0.141. The van der Waals surface area contributed by atoms with Crippen LogP contribution in [0.4, 0.5) is 0 Å². The van der Waals surface area contributed by atoms with Crippen LogP contribution in [0.3, 0.4) is 0 Å². The molecule has 0 saturated carbocycles. The molecule has 0 aromatic rings. The van der Waals surface area contributed by atoms with Crippen molar-refractivity contribution < 1.29 is 4.79 Å². The fourth-order valence-corrected chi connectivity index (χ4v) is 2.59. The first-order chi connectivity index (χ1) is 10.3. The molecule has 0 spiro atoms. The molecule has 0 aliphatic heterocycles. The summed E-state index contributed by atoms with van der Waals surface area (Å²) in [6.45, 7) is 17.9. The Morgan fingerprint density at radius 1 is 1.09 bits per heavy atom. The van der Waals surface area contributed by atoms with Gasteiger partial charge in [-0.05, 0) is 45.3 Å². The molecule has 0 aromatic carbocycles. The molecule has 3 heteroatoms. The van der Waals surface area contributed by atoms with E-state index in [4.69, 9.17) is 0 Å². The van der Waals surface area contributed by atoms with Crippen molar-refractivity contribution in [3.63, 3.8) is 0 Å². The van der Waals surface area contributed by atoms with Crippen molar-refractivity contribution >= 4 is 5.91 Å². The molecule has 0 bridgehead atoms. The van der Waals surface area contributed by atoms with E-state index in [-0.39, 0.29) is 5.41 Å². The largest absolute Gasteiger partial charge is 0.345 e. The zero-order chi connectivity index (χ0) is 17.8. The monoisotopic (exact) mass is 314 g/mol. The Labute approximate surface area is 140 Å². The number of rotatable bonds is 10. The summed E-state index contributed by atoms with van der Waals surface area (Å²) in [6.07, 6.45) is 4.12. The molecule has 0 rings (SSSR count). The first kappa shape index (κ1) is 23.7. The highest BCUT2D eigenvalue weighted by molar-refractivity contribution is 5.82. The van der Waals surface area contributed by atoms with E-state index in [1.165, 1.54) is 0 Å². The third-order valence-corrected chi connectivity index (χ3v) is 4.71. The summed E-state index contributed by atoms with van der Waals surface area (Å²) in [6, 6.07) is 0. The van der Waals surface area contributed by atoms with Crippen LogP contribution in [0.15, 0.2) is 0 Å². The second-order valence-electron chi connectivity index (χ2n) is 6.61. The number of carbonyl (C=O) groups is 1. The Morgan fingerprint density at radius 2 is 1.64 bits per heavy atom. The molecular formula is C19H42N2O. The van der Waals surface area contributed by atoms with E-state index in [1.807, 2.05) is 25.8 Å². The molecule has 1 amide bonds. The first-order valence-corrected chi connectivity index (χ1v) is 9.24. The molecule has 2 atom stereocenters. The van der Waals surface area contributed by atoms with Gasteiger partial charge in [-0.15, -0.1) is 0 Å². The summed E-state index contributed by atoms with van der Waals surface area (Å²) in [4.78, 5) is 16.9. The minimum absolute atomic E-state index is 0.194. The van der Waals surface area contributed by atoms with Crippen molar-refractivity contribution in [1.82, 2.24) is 9.80 Å². The third-order valence-electron chi connectivity index (χ3n) is 4.71. The predicted octanol–water partition coefficient (Wildman–Crippen LogP) is 4.67. The van der Waals surface area contributed by atoms with Crippen LogP contribution in [0, 0.1) is 11.3 Å². The molecule has 0 radical (unpaired) electrons. The number of carbonyl (C=O) groups excluding carboxylic acids is 1. The standard InChI is InChI=1S/C17H36N2O.C2H6/c1-8-15(4)14-17(5,9-2)16(20)19(7)13-11-12-18(6)10-3;1-2/h15H,8-14H2,1-7H3;1-2H3. The summed E-state index contributed by atoms with van der Waals surface area (Å²) in [5, 5.41) is 0. The van der Waals surface area contributed by atoms with Crippen LogP contribution in [-0.2, 0) is 4.79 Å². The fourth-order valence-electron chi connectivity index (χ4n) is 2.59. The van der Waals surface area contributed by atoms with Gasteiger partial charge >= 0.3 is 0 Å². The van der Waals surface area contributed by atoms with Crippen LogP contribution >= 0.6 is 0 Å². The second kappa shape index (κ2) is 12.9. The minimum atomic E-state index is -0.194. The number of hydrogen-bond acceptors (Lipinski definition) is 2. The summed E-state index contributed by atoms with van der Waals surface area (Å²) >= 11 is 0. The zero-order valence-electron chi connectivity index (χ0n) is 16.8. The Balaban J connectivity index is 0. The van der Waals surface area contributed by atoms with Crippen molar-refractivity contribution in [2.75, 3.05) is 33.7 Å². The van der Waals surface area contributed by atoms with E-state index < -0.39 is 0 Å². The minimum Gasteiger partial charge on any atom is -0.345 e. The van der Waals surface area contributed by atoms with Gasteiger partial charge in [0.1, 0.15) is 0 Å². The average Bonchev–Trinajstić information content (AvgIpc) is 2.55. The average molecular weight is 315 g/mol. The number of hydrogen-bond donors (Lipinski definition) is 0. The summed E-state index contributed by atoms with van der Waals surface area (Å²) in [5.74, 6) is 0.933. The van der Waals surface area contributed by atoms with Crippen molar-refractivity contribution in [1.29, 1.82) is 0 Å². The van der Waals surface area contributed by atoms with Gasteiger partial charge in [0.2, 0.25) is 5.91 Å². The predicted molar refractivity (Wildman–Crippen MR) is 99.2 cm³/mol. The van der Waals surface area contributed by atoms with E-state index in [1.54, 1.807) is 0 Å². The van der Waals surface area contributed by atoms with Crippen LogP contribution in [0.25, 0.3) is 0 Å². The quantitative estimate of drug-likeness (QED) is 0.585. The van der Waals surface area contributed by atoms with Gasteiger partial charge in [-0.2, -0.15) is 0 Å². The van der Waals surface area contributed by atoms with Crippen LogP contribution in [-0.4, -0.2) is 49.4 Å². The van der Waals surface area contributed by atoms with Gasteiger partial charge in [-0.3, -0.25) is 4.79 Å². The summed E-state index contributed by atoms with van der Waals surface area (Å²) in [5.41, 5.74) is -0.194. The second-order valence-corrected chi connectivity index (χ2v) is 6.61. The Kier molecular flexibility index (Phi) is 13.9.